The van der Waals surface area contributed by atoms with Crippen LogP contribution < -0.4 is 14.8 Å². The number of benzene rings is 1. The number of nitrogens with one attached hydrogen (secondary N) is 1. The van der Waals surface area contributed by atoms with E-state index >= 15 is 0 Å². The van der Waals surface area contributed by atoms with Crippen LogP contribution in [-0.4, -0.2) is 24.7 Å². The Morgan fingerprint density at radius 3 is 3.05 bits per heavy atom. The van der Waals surface area contributed by atoms with Crippen LogP contribution in [0.25, 0.3) is 10.6 Å². The predicted molar refractivity (Wildman–Crippen MR) is 83.6 cm³/mol. The molecule has 0 atom stereocenters. The Morgan fingerprint density at radius 2 is 2.20 bits per heavy atom. The monoisotopic (exact) mass is 354 g/mol. The quantitative estimate of drug-likeness (QED) is 0.912. The first-order valence-electron chi connectivity index (χ1n) is 6.52. The molecule has 0 saturated carbocycles. The summed E-state index contributed by atoms with van der Waals surface area (Å²) in [5, 5.41) is 6.36. The van der Waals surface area contributed by atoms with Crippen molar-refractivity contribution in [2.75, 3.05) is 19.8 Å². The zero-order valence-corrected chi connectivity index (χ0v) is 13.5. The van der Waals surface area contributed by atoms with E-state index in [4.69, 9.17) is 9.47 Å². The molecule has 2 heterocycles. The first kappa shape index (κ1) is 13.9. The maximum absolute atomic E-state index is 5.65. The standard InChI is InChI=1S/C14H15BrN2O2S/c1-2-16-7-10-8-20-14(17-10)9-5-11(15)13-12(6-9)18-3-4-19-13/h5-6,8,16H,2-4,7H2,1H3. The van der Waals surface area contributed by atoms with E-state index in [0.29, 0.717) is 13.2 Å². The third-order valence-electron chi connectivity index (χ3n) is 2.95. The van der Waals surface area contributed by atoms with Crippen LogP contribution in [0.5, 0.6) is 11.5 Å². The van der Waals surface area contributed by atoms with Crippen molar-refractivity contribution in [3.05, 3.63) is 27.7 Å². The summed E-state index contributed by atoms with van der Waals surface area (Å²) in [5.41, 5.74) is 2.12. The van der Waals surface area contributed by atoms with E-state index in [1.54, 1.807) is 11.3 Å². The molecule has 4 nitrogen and oxygen atoms in total. The van der Waals surface area contributed by atoms with Gasteiger partial charge in [-0.05, 0) is 34.6 Å². The molecule has 0 aliphatic carbocycles. The van der Waals surface area contributed by atoms with E-state index in [9.17, 15) is 0 Å². The molecule has 6 heteroatoms. The lowest BCUT2D eigenvalue weighted by atomic mass is 10.2. The fraction of sp³-hybridized carbons (Fsp3) is 0.357. The van der Waals surface area contributed by atoms with Crippen molar-refractivity contribution in [2.45, 2.75) is 13.5 Å². The van der Waals surface area contributed by atoms with Crippen molar-refractivity contribution in [1.82, 2.24) is 10.3 Å². The van der Waals surface area contributed by atoms with Gasteiger partial charge in [-0.3, -0.25) is 0 Å². The second-order valence-corrected chi connectivity index (χ2v) is 6.12. The summed E-state index contributed by atoms with van der Waals surface area (Å²) in [6.45, 7) is 5.02. The Bertz CT molecular complexity index is 615. The molecule has 0 amide bonds. The maximum atomic E-state index is 5.65. The van der Waals surface area contributed by atoms with Gasteiger partial charge in [0, 0.05) is 17.5 Å². The van der Waals surface area contributed by atoms with Crippen LogP contribution in [0.15, 0.2) is 22.0 Å². The Labute approximate surface area is 130 Å². The van der Waals surface area contributed by atoms with E-state index in [1.807, 2.05) is 12.1 Å². The summed E-state index contributed by atoms with van der Waals surface area (Å²) >= 11 is 5.18. The zero-order valence-electron chi connectivity index (χ0n) is 11.1. The highest BCUT2D eigenvalue weighted by Gasteiger charge is 2.18. The van der Waals surface area contributed by atoms with E-state index in [2.05, 4.69) is 38.5 Å². The zero-order chi connectivity index (χ0) is 13.9. The molecule has 0 radical (unpaired) electrons. The molecule has 0 fully saturated rings. The minimum Gasteiger partial charge on any atom is -0.486 e. The van der Waals surface area contributed by atoms with Gasteiger partial charge in [0.1, 0.15) is 18.2 Å². The molecular weight excluding hydrogens is 340 g/mol. The summed E-state index contributed by atoms with van der Waals surface area (Å²) in [6.07, 6.45) is 0. The molecule has 20 heavy (non-hydrogen) atoms. The molecule has 1 aromatic carbocycles. The molecule has 1 aliphatic heterocycles. The highest BCUT2D eigenvalue weighted by molar-refractivity contribution is 9.10. The van der Waals surface area contributed by atoms with Gasteiger partial charge >= 0.3 is 0 Å². The third-order valence-corrected chi connectivity index (χ3v) is 4.48. The van der Waals surface area contributed by atoms with Crippen molar-refractivity contribution >= 4 is 27.3 Å². The number of aromatic nitrogens is 1. The smallest absolute Gasteiger partial charge is 0.175 e. The first-order chi connectivity index (χ1) is 9.78. The van der Waals surface area contributed by atoms with Crippen LogP contribution >= 0.6 is 27.3 Å². The predicted octanol–water partition coefficient (Wildman–Crippen LogP) is 3.45. The van der Waals surface area contributed by atoms with Crippen LogP contribution in [0, 0.1) is 0 Å². The van der Waals surface area contributed by atoms with Crippen LogP contribution in [0.2, 0.25) is 0 Å². The highest BCUT2D eigenvalue weighted by Crippen LogP contribution is 2.41. The number of thiazole rings is 1. The van der Waals surface area contributed by atoms with Crippen molar-refractivity contribution in [2.24, 2.45) is 0 Å². The number of halogens is 1. The lowest BCUT2D eigenvalue weighted by molar-refractivity contribution is 0.170. The number of hydrogen-bond donors (Lipinski definition) is 1. The normalized spacial score (nSPS) is 13.5. The minimum absolute atomic E-state index is 0.590. The van der Waals surface area contributed by atoms with Crippen molar-refractivity contribution in [1.29, 1.82) is 0 Å². The van der Waals surface area contributed by atoms with Gasteiger partial charge in [-0.1, -0.05) is 6.92 Å². The Balaban J connectivity index is 1.90. The fourth-order valence-electron chi connectivity index (χ4n) is 2.01. The Hall–Kier alpha value is -1.11. The van der Waals surface area contributed by atoms with Gasteiger partial charge in [-0.25, -0.2) is 4.98 Å². The lowest BCUT2D eigenvalue weighted by Gasteiger charge is -2.20. The number of hydrogen-bond acceptors (Lipinski definition) is 5. The van der Waals surface area contributed by atoms with Gasteiger partial charge in [0.2, 0.25) is 0 Å². The SMILES string of the molecule is CCNCc1csc(-c2cc(Br)c3c(c2)OCCO3)n1. The van der Waals surface area contributed by atoms with Crippen LogP contribution in [0.3, 0.4) is 0 Å². The van der Waals surface area contributed by atoms with Gasteiger partial charge in [0.15, 0.2) is 11.5 Å². The molecule has 0 unspecified atom stereocenters. The molecule has 3 rings (SSSR count). The van der Waals surface area contributed by atoms with Gasteiger partial charge < -0.3 is 14.8 Å². The average Bonchev–Trinajstić information content (AvgIpc) is 2.94. The van der Waals surface area contributed by atoms with Gasteiger partial charge in [-0.2, -0.15) is 0 Å². The summed E-state index contributed by atoms with van der Waals surface area (Å²) in [6, 6.07) is 4.03. The number of nitrogens with zero attached hydrogens (tertiary/aromatic N) is 1. The number of ether oxygens (including phenoxy) is 2. The molecule has 2 aromatic rings. The second kappa shape index (κ2) is 6.11. The van der Waals surface area contributed by atoms with Gasteiger partial charge in [0.25, 0.3) is 0 Å². The Kier molecular flexibility index (Phi) is 4.24. The van der Waals surface area contributed by atoms with Crippen LogP contribution in [0.1, 0.15) is 12.6 Å². The summed E-state index contributed by atoms with van der Waals surface area (Å²) in [4.78, 5) is 4.65. The Morgan fingerprint density at radius 1 is 1.35 bits per heavy atom. The summed E-state index contributed by atoms with van der Waals surface area (Å²) in [5.74, 6) is 1.56. The summed E-state index contributed by atoms with van der Waals surface area (Å²) in [7, 11) is 0. The second-order valence-electron chi connectivity index (χ2n) is 4.41. The topological polar surface area (TPSA) is 43.4 Å². The number of rotatable bonds is 4. The molecule has 1 aromatic heterocycles. The maximum Gasteiger partial charge on any atom is 0.175 e. The van der Waals surface area contributed by atoms with Gasteiger partial charge in [0.05, 0.1) is 10.2 Å². The van der Waals surface area contributed by atoms with Crippen molar-refractivity contribution in [3.63, 3.8) is 0 Å². The largest absolute Gasteiger partial charge is 0.486 e. The third kappa shape index (κ3) is 2.82. The summed E-state index contributed by atoms with van der Waals surface area (Å²) < 4.78 is 12.2. The lowest BCUT2D eigenvalue weighted by Crippen LogP contribution is -2.15. The molecule has 1 aliphatic rings. The van der Waals surface area contributed by atoms with E-state index in [-0.39, 0.29) is 0 Å². The minimum atomic E-state index is 0.590. The molecule has 0 saturated heterocycles. The van der Waals surface area contributed by atoms with Crippen LogP contribution in [0.4, 0.5) is 0 Å². The first-order valence-corrected chi connectivity index (χ1v) is 8.20. The van der Waals surface area contributed by atoms with Gasteiger partial charge in [-0.15, -0.1) is 11.3 Å². The van der Waals surface area contributed by atoms with Crippen molar-refractivity contribution in [3.8, 4) is 22.1 Å². The molecular formula is C14H15BrN2O2S. The molecule has 0 bridgehead atoms. The molecule has 0 spiro atoms. The van der Waals surface area contributed by atoms with Crippen molar-refractivity contribution < 1.29 is 9.47 Å². The fourth-order valence-corrected chi connectivity index (χ4v) is 3.37. The average molecular weight is 355 g/mol. The molecule has 106 valence electrons. The molecule has 1 N–H and O–H groups in total. The van der Waals surface area contributed by atoms with Crippen LogP contribution in [-0.2, 0) is 6.54 Å². The van der Waals surface area contributed by atoms with E-state index < -0.39 is 0 Å². The highest BCUT2D eigenvalue weighted by atomic mass is 79.9. The van der Waals surface area contributed by atoms with E-state index in [0.717, 1.165) is 45.3 Å². The number of fused-ring (bicyclic) bond motifs is 1. The van der Waals surface area contributed by atoms with E-state index in [1.165, 1.54) is 0 Å².